The number of nitrogens with one attached hydrogen (secondary N) is 1. The molecule has 1 N–H and O–H groups in total. The Bertz CT molecular complexity index is 1100. The van der Waals surface area contributed by atoms with E-state index < -0.39 is 9.84 Å². The first-order chi connectivity index (χ1) is 12.6. The molecule has 0 atom stereocenters. The van der Waals surface area contributed by atoms with Crippen LogP contribution in [0.4, 0.5) is 5.00 Å². The summed E-state index contributed by atoms with van der Waals surface area (Å²) in [5.74, 6) is 0.195. The molecule has 0 aliphatic rings. The number of benzene rings is 1. The summed E-state index contributed by atoms with van der Waals surface area (Å²) >= 11 is 6.87. The van der Waals surface area contributed by atoms with E-state index >= 15 is 0 Å². The van der Waals surface area contributed by atoms with Crippen molar-refractivity contribution in [3.63, 3.8) is 0 Å². The minimum atomic E-state index is -3.53. The van der Waals surface area contributed by atoms with Gasteiger partial charge >= 0.3 is 0 Å². The number of carbonyl (C=O) groups excluding carboxylic acids is 1. The fourth-order valence-electron chi connectivity index (χ4n) is 2.63. The summed E-state index contributed by atoms with van der Waals surface area (Å²) in [5.41, 5.74) is 1.70. The number of hydrogen-bond donors (Lipinski definition) is 1. The van der Waals surface area contributed by atoms with E-state index in [2.05, 4.69) is 28.6 Å². The summed E-state index contributed by atoms with van der Waals surface area (Å²) in [4.78, 5) is 12.3. The monoisotopic (exact) mass is 426 g/mol. The SMILES string of the molecule is CC(C)Cn1cc2cc(CC(=O)Nc3snc(S(C)(=O)=O)c3Cl)ccc2n1. The molecule has 0 fully saturated rings. The van der Waals surface area contributed by atoms with E-state index in [1.807, 2.05) is 29.1 Å². The Kier molecular flexibility index (Phi) is 5.55. The van der Waals surface area contributed by atoms with Crippen molar-refractivity contribution in [2.24, 2.45) is 5.92 Å². The van der Waals surface area contributed by atoms with Crippen LogP contribution in [-0.2, 0) is 27.6 Å². The van der Waals surface area contributed by atoms with Gasteiger partial charge in [0.25, 0.3) is 0 Å². The van der Waals surface area contributed by atoms with Gasteiger partial charge in [-0.1, -0.05) is 31.5 Å². The summed E-state index contributed by atoms with van der Waals surface area (Å²) in [5, 5.41) is 8.07. The Labute approximate surface area is 166 Å². The van der Waals surface area contributed by atoms with Gasteiger partial charge in [-0.25, -0.2) is 8.42 Å². The van der Waals surface area contributed by atoms with E-state index in [1.54, 1.807) is 0 Å². The molecule has 3 rings (SSSR count). The molecule has 0 spiro atoms. The van der Waals surface area contributed by atoms with Crippen molar-refractivity contribution in [3.05, 3.63) is 35.0 Å². The molecule has 3 aromatic rings. The predicted molar refractivity (Wildman–Crippen MR) is 107 cm³/mol. The fourth-order valence-corrected chi connectivity index (χ4v) is 5.04. The van der Waals surface area contributed by atoms with Crippen LogP contribution >= 0.6 is 23.1 Å². The maximum Gasteiger partial charge on any atom is 0.229 e. The number of anilines is 1. The van der Waals surface area contributed by atoms with E-state index in [4.69, 9.17) is 11.6 Å². The number of fused-ring (bicyclic) bond motifs is 1. The first-order valence-corrected chi connectivity index (χ1v) is 11.3. The average Bonchev–Trinajstić information content (AvgIpc) is 3.09. The molecule has 144 valence electrons. The molecule has 0 unspecified atom stereocenters. The van der Waals surface area contributed by atoms with Gasteiger partial charge in [0.15, 0.2) is 14.9 Å². The summed E-state index contributed by atoms with van der Waals surface area (Å²) in [6.07, 6.45) is 3.12. The minimum absolute atomic E-state index is 0.0544. The number of hydrogen-bond acceptors (Lipinski definition) is 6. The van der Waals surface area contributed by atoms with Crippen molar-refractivity contribution in [1.82, 2.24) is 14.2 Å². The zero-order valence-corrected chi connectivity index (χ0v) is 17.5. The van der Waals surface area contributed by atoms with Crippen molar-refractivity contribution in [2.45, 2.75) is 31.8 Å². The molecule has 0 aliphatic carbocycles. The van der Waals surface area contributed by atoms with Gasteiger partial charge in [-0.2, -0.15) is 9.47 Å². The molecule has 0 aliphatic heterocycles. The first kappa shape index (κ1) is 19.8. The van der Waals surface area contributed by atoms with Gasteiger partial charge in [-0.3, -0.25) is 9.48 Å². The lowest BCUT2D eigenvalue weighted by molar-refractivity contribution is -0.115. The highest BCUT2D eigenvalue weighted by Gasteiger charge is 2.21. The maximum atomic E-state index is 12.3. The van der Waals surface area contributed by atoms with Crippen LogP contribution in [0.25, 0.3) is 10.9 Å². The van der Waals surface area contributed by atoms with Crippen LogP contribution in [0.15, 0.2) is 29.4 Å². The summed E-state index contributed by atoms with van der Waals surface area (Å²) in [6, 6.07) is 5.66. The Balaban J connectivity index is 1.73. The molecule has 7 nitrogen and oxygen atoms in total. The number of amides is 1. The van der Waals surface area contributed by atoms with Crippen LogP contribution in [0.1, 0.15) is 19.4 Å². The van der Waals surface area contributed by atoms with Gasteiger partial charge < -0.3 is 5.32 Å². The molecule has 0 saturated heterocycles. The van der Waals surface area contributed by atoms with Crippen LogP contribution in [0.5, 0.6) is 0 Å². The van der Waals surface area contributed by atoms with Crippen LogP contribution in [-0.4, -0.2) is 34.7 Å². The zero-order chi connectivity index (χ0) is 19.8. The first-order valence-electron chi connectivity index (χ1n) is 8.24. The molecule has 27 heavy (non-hydrogen) atoms. The number of nitrogens with zero attached hydrogens (tertiary/aromatic N) is 3. The summed E-state index contributed by atoms with van der Waals surface area (Å²) in [6.45, 7) is 5.08. The number of aromatic nitrogens is 3. The second-order valence-corrected chi connectivity index (χ2v) is 9.85. The lowest BCUT2D eigenvalue weighted by Crippen LogP contribution is -2.13. The topological polar surface area (TPSA) is 94.0 Å². The largest absolute Gasteiger partial charge is 0.315 e. The van der Waals surface area contributed by atoms with Gasteiger partial charge in [0.05, 0.1) is 11.9 Å². The van der Waals surface area contributed by atoms with E-state index in [1.165, 1.54) is 0 Å². The van der Waals surface area contributed by atoms with Gasteiger partial charge in [0, 0.05) is 24.4 Å². The van der Waals surface area contributed by atoms with Crippen molar-refractivity contribution in [1.29, 1.82) is 0 Å². The fraction of sp³-hybridized carbons (Fsp3) is 0.353. The van der Waals surface area contributed by atoms with Gasteiger partial charge in [-0.05, 0) is 35.1 Å². The summed E-state index contributed by atoms with van der Waals surface area (Å²) < 4.78 is 28.9. The van der Waals surface area contributed by atoms with E-state index in [0.717, 1.165) is 40.8 Å². The maximum absolute atomic E-state index is 12.3. The normalized spacial score (nSPS) is 12.0. The van der Waals surface area contributed by atoms with Gasteiger partial charge in [0.2, 0.25) is 5.91 Å². The summed E-state index contributed by atoms with van der Waals surface area (Å²) in [7, 11) is -3.53. The quantitative estimate of drug-likeness (QED) is 0.652. The molecule has 1 amide bonds. The van der Waals surface area contributed by atoms with Gasteiger partial charge in [-0.15, -0.1) is 0 Å². The van der Waals surface area contributed by atoms with Crippen LogP contribution in [0.3, 0.4) is 0 Å². The Morgan fingerprint density at radius 2 is 2.11 bits per heavy atom. The molecule has 0 radical (unpaired) electrons. The molecule has 2 aromatic heterocycles. The number of carbonyl (C=O) groups is 1. The van der Waals surface area contributed by atoms with Crippen LogP contribution in [0, 0.1) is 5.92 Å². The number of halogens is 1. The molecule has 10 heteroatoms. The third-order valence-corrected chi connectivity index (χ3v) is 6.21. The Morgan fingerprint density at radius 3 is 2.74 bits per heavy atom. The second-order valence-electron chi connectivity index (χ2n) is 6.77. The Morgan fingerprint density at radius 1 is 1.37 bits per heavy atom. The third-order valence-electron chi connectivity index (χ3n) is 3.74. The standard InChI is InChI=1S/C17H19ClN4O3S2/c1-10(2)8-22-9-12-6-11(4-5-13(12)20-22)7-14(23)19-16-15(18)17(21-26-16)27(3,24)25/h4-6,9-10H,7-8H2,1-3H3,(H,19,23). The molecule has 1 aromatic carbocycles. The molecule has 0 bridgehead atoms. The highest BCUT2D eigenvalue weighted by Crippen LogP contribution is 2.33. The highest BCUT2D eigenvalue weighted by molar-refractivity contribution is 7.90. The van der Waals surface area contributed by atoms with Crippen LogP contribution < -0.4 is 5.32 Å². The second kappa shape index (κ2) is 7.57. The smallest absolute Gasteiger partial charge is 0.229 e. The zero-order valence-electron chi connectivity index (χ0n) is 15.1. The minimum Gasteiger partial charge on any atom is -0.315 e. The van der Waals surface area contributed by atoms with E-state index in [0.29, 0.717) is 5.92 Å². The van der Waals surface area contributed by atoms with E-state index in [9.17, 15) is 13.2 Å². The van der Waals surface area contributed by atoms with Gasteiger partial charge in [0.1, 0.15) is 10.0 Å². The van der Waals surface area contributed by atoms with Crippen molar-refractivity contribution in [3.8, 4) is 0 Å². The molecule has 0 saturated carbocycles. The highest BCUT2D eigenvalue weighted by atomic mass is 35.5. The third kappa shape index (κ3) is 4.66. The van der Waals surface area contributed by atoms with Crippen LogP contribution in [0.2, 0.25) is 5.02 Å². The average molecular weight is 427 g/mol. The number of rotatable bonds is 6. The van der Waals surface area contributed by atoms with Crippen molar-refractivity contribution in [2.75, 3.05) is 11.6 Å². The predicted octanol–water partition coefficient (Wildman–Crippen LogP) is 3.39. The molecule has 2 heterocycles. The van der Waals surface area contributed by atoms with E-state index in [-0.39, 0.29) is 27.4 Å². The van der Waals surface area contributed by atoms with Crippen molar-refractivity contribution >= 4 is 54.8 Å². The molecular formula is C17H19ClN4O3S2. The van der Waals surface area contributed by atoms with Crippen molar-refractivity contribution < 1.29 is 13.2 Å². The lowest BCUT2D eigenvalue weighted by atomic mass is 10.1. The Hall–Kier alpha value is -1.97. The lowest BCUT2D eigenvalue weighted by Gasteiger charge is -2.03. The molecular weight excluding hydrogens is 408 g/mol. The number of sulfone groups is 1.